The summed E-state index contributed by atoms with van der Waals surface area (Å²) in [4.78, 5) is 21.8. The molecule has 0 saturated heterocycles. The van der Waals surface area contributed by atoms with Crippen molar-refractivity contribution in [3.05, 3.63) is 57.3 Å². The topological polar surface area (TPSA) is 125 Å². The summed E-state index contributed by atoms with van der Waals surface area (Å²) in [6, 6.07) is 7.55. The van der Waals surface area contributed by atoms with Crippen LogP contribution >= 0.6 is 15.9 Å². The molecule has 1 aromatic carbocycles. The molecular formula is C13H7BrN4O5S. The largest absolute Gasteiger partial charge is 0.356 e. The molecule has 0 spiro atoms. The van der Waals surface area contributed by atoms with Gasteiger partial charge in [0.25, 0.3) is 11.6 Å². The van der Waals surface area contributed by atoms with E-state index in [9.17, 15) is 18.5 Å². The maximum Gasteiger partial charge on any atom is 0.340 e. The second-order valence-corrected chi connectivity index (χ2v) is 6.83. The third-order valence-electron chi connectivity index (χ3n) is 2.88. The number of hydrogen-bond acceptors (Lipinski definition) is 8. The van der Waals surface area contributed by atoms with Crippen molar-refractivity contribution < 1.29 is 17.5 Å². The van der Waals surface area contributed by atoms with E-state index in [-0.39, 0.29) is 16.5 Å². The van der Waals surface area contributed by atoms with E-state index in [0.29, 0.717) is 15.8 Å². The Balaban J connectivity index is 1.91. The minimum absolute atomic E-state index is 0.226. The van der Waals surface area contributed by atoms with Gasteiger partial charge < -0.3 is 4.18 Å². The average Bonchev–Trinajstić information content (AvgIpc) is 2.55. The highest BCUT2D eigenvalue weighted by Crippen LogP contribution is 2.21. The summed E-state index contributed by atoms with van der Waals surface area (Å²) in [5.41, 5.74) is 0.454. The van der Waals surface area contributed by atoms with E-state index in [1.54, 1.807) is 12.1 Å². The molecule has 0 unspecified atom stereocenters. The first-order valence-corrected chi connectivity index (χ1v) is 8.53. The number of pyridine rings is 1. The predicted molar refractivity (Wildman–Crippen MR) is 85.9 cm³/mol. The summed E-state index contributed by atoms with van der Waals surface area (Å²) in [5.74, 6) is -0.232. The van der Waals surface area contributed by atoms with Gasteiger partial charge in [-0.3, -0.25) is 10.1 Å². The zero-order valence-electron chi connectivity index (χ0n) is 11.7. The summed E-state index contributed by atoms with van der Waals surface area (Å²) in [7, 11) is -4.19. The molecule has 0 amide bonds. The van der Waals surface area contributed by atoms with E-state index in [0.717, 1.165) is 30.5 Å². The van der Waals surface area contributed by atoms with E-state index >= 15 is 0 Å². The normalized spacial score (nSPS) is 11.4. The fourth-order valence-corrected chi connectivity index (χ4v) is 2.97. The van der Waals surface area contributed by atoms with E-state index in [1.807, 2.05) is 0 Å². The lowest BCUT2D eigenvalue weighted by atomic mass is 10.3. The Kier molecular flexibility index (Phi) is 4.11. The molecule has 3 aromatic rings. The SMILES string of the molecule is O=[N+]([O-])c1ccc(S(=O)(=O)Oc2cnc3nc(Br)ccc3n2)cc1. The molecule has 2 heterocycles. The number of nitro groups is 1. The van der Waals surface area contributed by atoms with Gasteiger partial charge in [-0.05, 0) is 40.2 Å². The highest BCUT2D eigenvalue weighted by molar-refractivity contribution is 9.10. The third kappa shape index (κ3) is 3.31. The van der Waals surface area contributed by atoms with Crippen LogP contribution in [0.2, 0.25) is 0 Å². The molecule has 0 aliphatic heterocycles. The van der Waals surface area contributed by atoms with Gasteiger partial charge in [-0.15, -0.1) is 0 Å². The first-order chi connectivity index (χ1) is 11.3. The lowest BCUT2D eigenvalue weighted by Crippen LogP contribution is -2.11. The molecule has 3 rings (SSSR count). The molecule has 0 atom stereocenters. The second-order valence-electron chi connectivity index (χ2n) is 4.47. The van der Waals surface area contributed by atoms with Crippen LogP contribution in [0.3, 0.4) is 0 Å². The average molecular weight is 411 g/mol. The number of hydrogen-bond donors (Lipinski definition) is 0. The van der Waals surface area contributed by atoms with Crippen LogP contribution < -0.4 is 4.18 Å². The van der Waals surface area contributed by atoms with Crippen molar-refractivity contribution in [2.45, 2.75) is 4.90 Å². The lowest BCUT2D eigenvalue weighted by molar-refractivity contribution is -0.384. The van der Waals surface area contributed by atoms with Gasteiger partial charge in [-0.25, -0.2) is 15.0 Å². The Morgan fingerprint density at radius 1 is 1.08 bits per heavy atom. The van der Waals surface area contributed by atoms with Crippen molar-refractivity contribution in [2.75, 3.05) is 0 Å². The number of rotatable bonds is 4. The van der Waals surface area contributed by atoms with Gasteiger partial charge in [0, 0.05) is 12.1 Å². The van der Waals surface area contributed by atoms with Crippen LogP contribution in [0.5, 0.6) is 5.88 Å². The molecule has 2 aromatic heterocycles. The second kappa shape index (κ2) is 6.09. The van der Waals surface area contributed by atoms with Crippen molar-refractivity contribution in [3.63, 3.8) is 0 Å². The van der Waals surface area contributed by atoms with Gasteiger partial charge in [0.1, 0.15) is 15.0 Å². The van der Waals surface area contributed by atoms with Crippen molar-refractivity contribution in [1.82, 2.24) is 15.0 Å². The molecule has 122 valence electrons. The van der Waals surface area contributed by atoms with E-state index in [4.69, 9.17) is 4.18 Å². The highest BCUT2D eigenvalue weighted by atomic mass is 79.9. The maximum absolute atomic E-state index is 12.2. The molecule has 0 radical (unpaired) electrons. The molecule has 11 heteroatoms. The monoisotopic (exact) mass is 410 g/mol. The first-order valence-electron chi connectivity index (χ1n) is 6.33. The van der Waals surface area contributed by atoms with Crippen molar-refractivity contribution in [2.24, 2.45) is 0 Å². The summed E-state index contributed by atoms with van der Waals surface area (Å²) >= 11 is 3.19. The zero-order chi connectivity index (χ0) is 17.3. The highest BCUT2D eigenvalue weighted by Gasteiger charge is 2.19. The molecule has 24 heavy (non-hydrogen) atoms. The predicted octanol–water partition coefficient (Wildman–Crippen LogP) is 2.46. The Hall–Kier alpha value is -2.66. The third-order valence-corrected chi connectivity index (χ3v) is 4.56. The fourth-order valence-electron chi connectivity index (χ4n) is 1.80. The maximum atomic E-state index is 12.2. The number of benzene rings is 1. The van der Waals surface area contributed by atoms with Crippen LogP contribution in [0.4, 0.5) is 5.69 Å². The zero-order valence-corrected chi connectivity index (χ0v) is 14.1. The Bertz CT molecular complexity index is 1040. The van der Waals surface area contributed by atoms with Crippen LogP contribution in [0, 0.1) is 10.1 Å². The number of non-ortho nitro benzene ring substituents is 1. The van der Waals surface area contributed by atoms with Crippen molar-refractivity contribution >= 4 is 42.9 Å². The Labute approximate surface area is 143 Å². The summed E-state index contributed by atoms with van der Waals surface area (Å²) in [6.45, 7) is 0. The number of nitrogens with zero attached hydrogens (tertiary/aromatic N) is 4. The molecule has 0 aliphatic carbocycles. The van der Waals surface area contributed by atoms with Crippen LogP contribution in [-0.4, -0.2) is 28.3 Å². The standard InChI is InChI=1S/C13H7BrN4O5S/c14-11-6-5-10-13(17-11)15-7-12(16-10)23-24(21,22)9-3-1-8(2-4-9)18(19)20/h1-7H. The number of nitro benzene ring substituents is 1. The quantitative estimate of drug-likeness (QED) is 0.277. The summed E-state index contributed by atoms with van der Waals surface area (Å²) in [5, 5.41) is 10.6. The van der Waals surface area contributed by atoms with Gasteiger partial charge in [-0.2, -0.15) is 8.42 Å². The van der Waals surface area contributed by atoms with E-state index in [1.165, 1.54) is 0 Å². The van der Waals surface area contributed by atoms with Gasteiger partial charge in [0.05, 0.1) is 11.1 Å². The number of fused-ring (bicyclic) bond motifs is 1. The van der Waals surface area contributed by atoms with Gasteiger partial charge in [0.15, 0.2) is 5.65 Å². The Morgan fingerprint density at radius 2 is 1.79 bits per heavy atom. The molecular weight excluding hydrogens is 404 g/mol. The molecule has 0 aliphatic rings. The van der Waals surface area contributed by atoms with Crippen LogP contribution in [0.25, 0.3) is 11.2 Å². The van der Waals surface area contributed by atoms with Gasteiger partial charge in [0.2, 0.25) is 0 Å². The number of halogens is 1. The molecule has 0 saturated carbocycles. The minimum atomic E-state index is -4.19. The van der Waals surface area contributed by atoms with Gasteiger partial charge in [-0.1, -0.05) is 0 Å². The summed E-state index contributed by atoms with van der Waals surface area (Å²) < 4.78 is 29.9. The fraction of sp³-hybridized carbons (Fsp3) is 0. The van der Waals surface area contributed by atoms with Crippen molar-refractivity contribution in [1.29, 1.82) is 0 Å². The van der Waals surface area contributed by atoms with Gasteiger partial charge >= 0.3 is 10.1 Å². The lowest BCUT2D eigenvalue weighted by Gasteiger charge is -2.06. The molecule has 0 N–H and O–H groups in total. The molecule has 9 nitrogen and oxygen atoms in total. The van der Waals surface area contributed by atoms with Crippen molar-refractivity contribution in [3.8, 4) is 5.88 Å². The molecule has 0 bridgehead atoms. The van der Waals surface area contributed by atoms with E-state index < -0.39 is 15.0 Å². The Morgan fingerprint density at radius 3 is 2.46 bits per heavy atom. The van der Waals surface area contributed by atoms with Crippen LogP contribution in [0.15, 0.2) is 52.1 Å². The van der Waals surface area contributed by atoms with Crippen LogP contribution in [-0.2, 0) is 10.1 Å². The van der Waals surface area contributed by atoms with E-state index in [2.05, 4.69) is 30.9 Å². The first kappa shape index (κ1) is 16.2. The minimum Gasteiger partial charge on any atom is -0.356 e. The smallest absolute Gasteiger partial charge is 0.340 e. The van der Waals surface area contributed by atoms with Crippen LogP contribution in [0.1, 0.15) is 0 Å². The number of aromatic nitrogens is 3. The summed E-state index contributed by atoms with van der Waals surface area (Å²) in [6.07, 6.45) is 1.13. The molecule has 0 fully saturated rings.